The summed E-state index contributed by atoms with van der Waals surface area (Å²) < 4.78 is 10.7. The van der Waals surface area contributed by atoms with Gasteiger partial charge >= 0.3 is 0 Å². The molecule has 3 heteroatoms. The van der Waals surface area contributed by atoms with Crippen molar-refractivity contribution in [2.24, 2.45) is 0 Å². The molecule has 1 rings (SSSR count). The van der Waals surface area contributed by atoms with Crippen LogP contribution < -0.4 is 10.5 Å². The molecule has 1 aromatic carbocycles. The van der Waals surface area contributed by atoms with Gasteiger partial charge in [0.25, 0.3) is 0 Å². The monoisotopic (exact) mass is 209 g/mol. The Kier molecular flexibility index (Phi) is 3.97. The van der Waals surface area contributed by atoms with Gasteiger partial charge in [-0.15, -0.1) is 0 Å². The number of benzene rings is 1. The summed E-state index contributed by atoms with van der Waals surface area (Å²) in [6, 6.07) is 3.90. The molecule has 84 valence electrons. The Morgan fingerprint density at radius 3 is 2.53 bits per heavy atom. The van der Waals surface area contributed by atoms with Crippen LogP contribution in [-0.2, 0) is 4.74 Å². The van der Waals surface area contributed by atoms with Crippen molar-refractivity contribution in [3.05, 3.63) is 23.3 Å². The molecular formula is C12H19NO2. The van der Waals surface area contributed by atoms with Gasteiger partial charge < -0.3 is 15.2 Å². The predicted octanol–water partition coefficient (Wildman–Crippen LogP) is 2.30. The summed E-state index contributed by atoms with van der Waals surface area (Å²) in [5.74, 6) is 0.835. The molecule has 1 unspecified atom stereocenters. The summed E-state index contributed by atoms with van der Waals surface area (Å²) in [5, 5.41) is 0. The molecular weight excluding hydrogens is 190 g/mol. The lowest BCUT2D eigenvalue weighted by atomic mass is 10.1. The SMILES string of the molecule is COC(C)COc1cc(N)c(C)cc1C. The largest absolute Gasteiger partial charge is 0.491 e. The van der Waals surface area contributed by atoms with E-state index in [1.54, 1.807) is 7.11 Å². The van der Waals surface area contributed by atoms with Gasteiger partial charge in [-0.2, -0.15) is 0 Å². The van der Waals surface area contributed by atoms with Crippen LogP contribution in [-0.4, -0.2) is 19.8 Å². The van der Waals surface area contributed by atoms with Gasteiger partial charge in [-0.25, -0.2) is 0 Å². The van der Waals surface area contributed by atoms with E-state index in [4.69, 9.17) is 15.2 Å². The third-order valence-electron chi connectivity index (χ3n) is 2.44. The van der Waals surface area contributed by atoms with Crippen molar-refractivity contribution in [3.8, 4) is 5.75 Å². The van der Waals surface area contributed by atoms with Gasteiger partial charge in [0.15, 0.2) is 0 Å². The molecule has 0 aliphatic rings. The molecule has 0 aliphatic carbocycles. The van der Waals surface area contributed by atoms with Gasteiger partial charge in [0.05, 0.1) is 6.10 Å². The third-order valence-corrected chi connectivity index (χ3v) is 2.44. The van der Waals surface area contributed by atoms with Crippen LogP contribution in [0.2, 0.25) is 0 Å². The zero-order valence-electron chi connectivity index (χ0n) is 9.83. The fraction of sp³-hybridized carbons (Fsp3) is 0.500. The first-order chi connectivity index (χ1) is 7.04. The number of nitrogen functional groups attached to an aromatic ring is 1. The number of ether oxygens (including phenoxy) is 2. The summed E-state index contributed by atoms with van der Waals surface area (Å²) in [7, 11) is 1.67. The minimum atomic E-state index is 0.0897. The van der Waals surface area contributed by atoms with E-state index in [0.717, 1.165) is 22.6 Å². The van der Waals surface area contributed by atoms with E-state index < -0.39 is 0 Å². The molecule has 1 atom stereocenters. The number of rotatable bonds is 4. The molecule has 0 heterocycles. The highest BCUT2D eigenvalue weighted by atomic mass is 16.5. The molecule has 0 radical (unpaired) electrons. The van der Waals surface area contributed by atoms with Crippen molar-refractivity contribution >= 4 is 5.69 Å². The van der Waals surface area contributed by atoms with E-state index in [9.17, 15) is 0 Å². The van der Waals surface area contributed by atoms with E-state index in [1.807, 2.05) is 32.9 Å². The molecule has 0 aliphatic heterocycles. The Hall–Kier alpha value is -1.22. The normalized spacial score (nSPS) is 12.5. The fourth-order valence-corrected chi connectivity index (χ4v) is 1.28. The van der Waals surface area contributed by atoms with E-state index in [0.29, 0.717) is 6.61 Å². The summed E-state index contributed by atoms with van der Waals surface area (Å²) >= 11 is 0. The molecule has 0 saturated heterocycles. The van der Waals surface area contributed by atoms with E-state index in [1.165, 1.54) is 0 Å². The van der Waals surface area contributed by atoms with Crippen molar-refractivity contribution in [1.29, 1.82) is 0 Å². The first-order valence-corrected chi connectivity index (χ1v) is 5.07. The highest BCUT2D eigenvalue weighted by Gasteiger charge is 2.05. The molecule has 3 nitrogen and oxygen atoms in total. The highest BCUT2D eigenvalue weighted by molar-refractivity contribution is 5.54. The zero-order valence-corrected chi connectivity index (χ0v) is 9.83. The highest BCUT2D eigenvalue weighted by Crippen LogP contribution is 2.24. The topological polar surface area (TPSA) is 44.5 Å². The Morgan fingerprint density at radius 2 is 1.93 bits per heavy atom. The van der Waals surface area contributed by atoms with Crippen LogP contribution in [0.1, 0.15) is 18.1 Å². The Balaban J connectivity index is 2.73. The Bertz CT molecular complexity index is 337. The molecule has 0 spiro atoms. The minimum absolute atomic E-state index is 0.0897. The molecule has 0 saturated carbocycles. The Labute approximate surface area is 91.2 Å². The molecule has 0 amide bonds. The second-order valence-corrected chi connectivity index (χ2v) is 3.83. The number of methoxy groups -OCH3 is 1. The van der Waals surface area contributed by atoms with E-state index in [-0.39, 0.29) is 6.10 Å². The average molecular weight is 209 g/mol. The number of hydrogen-bond acceptors (Lipinski definition) is 3. The van der Waals surface area contributed by atoms with Crippen LogP contribution in [0.15, 0.2) is 12.1 Å². The van der Waals surface area contributed by atoms with Crippen LogP contribution in [0.4, 0.5) is 5.69 Å². The summed E-state index contributed by atoms with van der Waals surface area (Å²) in [6.07, 6.45) is 0.0897. The molecule has 15 heavy (non-hydrogen) atoms. The van der Waals surface area contributed by atoms with Crippen molar-refractivity contribution < 1.29 is 9.47 Å². The molecule has 0 bridgehead atoms. The average Bonchev–Trinajstić information content (AvgIpc) is 2.21. The Morgan fingerprint density at radius 1 is 1.27 bits per heavy atom. The molecule has 0 aromatic heterocycles. The van der Waals surface area contributed by atoms with Crippen LogP contribution in [0.3, 0.4) is 0 Å². The van der Waals surface area contributed by atoms with Crippen LogP contribution >= 0.6 is 0 Å². The van der Waals surface area contributed by atoms with Gasteiger partial charge in [-0.1, -0.05) is 6.07 Å². The van der Waals surface area contributed by atoms with Gasteiger partial charge in [0, 0.05) is 18.9 Å². The number of aryl methyl sites for hydroxylation is 2. The first kappa shape index (κ1) is 11.9. The summed E-state index contributed by atoms with van der Waals surface area (Å²) in [5.41, 5.74) is 8.77. The van der Waals surface area contributed by atoms with E-state index in [2.05, 4.69) is 0 Å². The second kappa shape index (κ2) is 5.03. The maximum atomic E-state index is 5.82. The van der Waals surface area contributed by atoms with E-state index >= 15 is 0 Å². The predicted molar refractivity (Wildman–Crippen MR) is 62.3 cm³/mol. The number of nitrogens with two attached hydrogens (primary N) is 1. The smallest absolute Gasteiger partial charge is 0.124 e. The summed E-state index contributed by atoms with van der Waals surface area (Å²) in [6.45, 7) is 6.51. The van der Waals surface area contributed by atoms with Gasteiger partial charge in [-0.3, -0.25) is 0 Å². The van der Waals surface area contributed by atoms with Crippen molar-refractivity contribution in [1.82, 2.24) is 0 Å². The molecule has 1 aromatic rings. The van der Waals surface area contributed by atoms with Crippen molar-refractivity contribution in [2.75, 3.05) is 19.5 Å². The minimum Gasteiger partial charge on any atom is -0.491 e. The van der Waals surface area contributed by atoms with Crippen LogP contribution in [0, 0.1) is 13.8 Å². The van der Waals surface area contributed by atoms with Gasteiger partial charge in [0.1, 0.15) is 12.4 Å². The van der Waals surface area contributed by atoms with Gasteiger partial charge in [-0.05, 0) is 31.9 Å². The van der Waals surface area contributed by atoms with Crippen molar-refractivity contribution in [2.45, 2.75) is 26.9 Å². The second-order valence-electron chi connectivity index (χ2n) is 3.83. The quantitative estimate of drug-likeness (QED) is 0.774. The van der Waals surface area contributed by atoms with Crippen molar-refractivity contribution in [3.63, 3.8) is 0 Å². The van der Waals surface area contributed by atoms with Crippen LogP contribution in [0.5, 0.6) is 5.75 Å². The summed E-state index contributed by atoms with van der Waals surface area (Å²) in [4.78, 5) is 0. The number of hydrogen-bond donors (Lipinski definition) is 1. The zero-order chi connectivity index (χ0) is 11.4. The molecule has 2 N–H and O–H groups in total. The first-order valence-electron chi connectivity index (χ1n) is 5.07. The molecule has 0 fully saturated rings. The lowest BCUT2D eigenvalue weighted by Crippen LogP contribution is -2.16. The lowest BCUT2D eigenvalue weighted by molar-refractivity contribution is 0.0714. The number of anilines is 1. The standard InChI is InChI=1S/C12H19NO2/c1-8-5-9(2)12(6-11(8)13)15-7-10(3)14-4/h5-6,10H,7,13H2,1-4H3. The van der Waals surface area contributed by atoms with Crippen LogP contribution in [0.25, 0.3) is 0 Å². The third kappa shape index (κ3) is 3.13. The lowest BCUT2D eigenvalue weighted by Gasteiger charge is -2.14. The maximum absolute atomic E-state index is 5.82. The maximum Gasteiger partial charge on any atom is 0.124 e. The van der Waals surface area contributed by atoms with Gasteiger partial charge in [0.2, 0.25) is 0 Å². The fourth-order valence-electron chi connectivity index (χ4n) is 1.28.